The van der Waals surface area contributed by atoms with Crippen molar-refractivity contribution in [3.8, 4) is 5.75 Å². The Morgan fingerprint density at radius 2 is 2.08 bits per heavy atom. The van der Waals surface area contributed by atoms with Crippen molar-refractivity contribution >= 4 is 11.9 Å². The van der Waals surface area contributed by atoms with E-state index in [-0.39, 0.29) is 31.1 Å². The minimum atomic E-state index is -0.904. The number of imide groups is 1. The number of aliphatic hydroxyl groups excluding tert-OH is 1. The molecule has 2 fully saturated rings. The van der Waals surface area contributed by atoms with E-state index in [4.69, 9.17) is 4.74 Å². The predicted molar refractivity (Wildman–Crippen MR) is 88.9 cm³/mol. The lowest BCUT2D eigenvalue weighted by Gasteiger charge is -2.26. The van der Waals surface area contributed by atoms with E-state index in [1.807, 2.05) is 32.0 Å². The van der Waals surface area contributed by atoms with Gasteiger partial charge in [0, 0.05) is 6.54 Å². The quantitative estimate of drug-likeness (QED) is 0.836. The molecule has 0 bridgehead atoms. The molecular weight excluding hydrogens is 308 g/mol. The summed E-state index contributed by atoms with van der Waals surface area (Å²) < 4.78 is 5.67. The summed E-state index contributed by atoms with van der Waals surface area (Å²) in [5.74, 6) is 0.524. The summed E-state index contributed by atoms with van der Waals surface area (Å²) in [7, 11) is 0. The highest BCUT2D eigenvalue weighted by Gasteiger charge is 2.46. The molecular formula is C18H24N2O4. The van der Waals surface area contributed by atoms with Gasteiger partial charge < -0.3 is 14.7 Å². The van der Waals surface area contributed by atoms with Crippen LogP contribution in [0.2, 0.25) is 0 Å². The van der Waals surface area contributed by atoms with Crippen molar-refractivity contribution in [3.05, 3.63) is 29.3 Å². The number of carbonyl (C=O) groups is 2. The topological polar surface area (TPSA) is 70.1 Å². The Hall–Kier alpha value is -2.08. The number of aliphatic hydroxyl groups is 1. The van der Waals surface area contributed by atoms with E-state index in [0.717, 1.165) is 30.4 Å². The largest absolute Gasteiger partial charge is 0.491 e. The van der Waals surface area contributed by atoms with Crippen molar-refractivity contribution in [1.29, 1.82) is 0 Å². The lowest BCUT2D eigenvalue weighted by molar-refractivity contribution is -0.129. The number of hydrogen-bond acceptors (Lipinski definition) is 4. The molecule has 1 aromatic carbocycles. The zero-order valence-corrected chi connectivity index (χ0v) is 14.2. The molecule has 2 saturated heterocycles. The van der Waals surface area contributed by atoms with Gasteiger partial charge in [-0.3, -0.25) is 9.69 Å². The van der Waals surface area contributed by atoms with E-state index >= 15 is 0 Å². The molecule has 3 rings (SSSR count). The number of β-amino-alcohol motifs (C(OH)–C–C–N with tert-alkyl or cyclic N) is 1. The van der Waals surface area contributed by atoms with Gasteiger partial charge in [0.15, 0.2) is 0 Å². The fourth-order valence-corrected chi connectivity index (χ4v) is 3.33. The average molecular weight is 332 g/mol. The molecule has 24 heavy (non-hydrogen) atoms. The zero-order chi connectivity index (χ0) is 17.3. The first kappa shape index (κ1) is 16.8. The molecule has 6 nitrogen and oxygen atoms in total. The highest BCUT2D eigenvalue weighted by Crippen LogP contribution is 2.26. The van der Waals surface area contributed by atoms with Crippen LogP contribution >= 0.6 is 0 Å². The molecule has 0 unspecified atom stereocenters. The second-order valence-corrected chi connectivity index (χ2v) is 6.67. The molecule has 0 aliphatic carbocycles. The Morgan fingerprint density at radius 1 is 1.29 bits per heavy atom. The molecule has 1 N–H and O–H groups in total. The van der Waals surface area contributed by atoms with Crippen molar-refractivity contribution in [2.24, 2.45) is 0 Å². The number of piperidine rings is 1. The third kappa shape index (κ3) is 3.24. The molecule has 130 valence electrons. The van der Waals surface area contributed by atoms with Crippen molar-refractivity contribution in [1.82, 2.24) is 9.80 Å². The maximum atomic E-state index is 12.4. The monoisotopic (exact) mass is 332 g/mol. The third-order valence-corrected chi connectivity index (χ3v) is 4.70. The summed E-state index contributed by atoms with van der Waals surface area (Å²) in [5.41, 5.74) is 2.06. The number of benzene rings is 1. The van der Waals surface area contributed by atoms with E-state index in [9.17, 15) is 14.7 Å². The van der Waals surface area contributed by atoms with E-state index in [1.54, 1.807) is 4.90 Å². The Bertz CT molecular complexity index is 622. The van der Waals surface area contributed by atoms with Crippen molar-refractivity contribution in [3.63, 3.8) is 0 Å². The first-order chi connectivity index (χ1) is 11.5. The Labute approximate surface area is 142 Å². The highest BCUT2D eigenvalue weighted by atomic mass is 16.5. The summed E-state index contributed by atoms with van der Waals surface area (Å²) in [6.07, 6.45) is 1.71. The molecule has 2 aliphatic rings. The number of carbonyl (C=O) groups excluding carboxylic acids is 2. The molecule has 2 heterocycles. The number of fused-ring (bicyclic) bond motifs is 1. The van der Waals surface area contributed by atoms with Crippen LogP contribution in [-0.2, 0) is 4.79 Å². The number of amides is 3. The van der Waals surface area contributed by atoms with Crippen LogP contribution in [0.5, 0.6) is 5.75 Å². The molecule has 2 atom stereocenters. The SMILES string of the molecule is Cc1ccc(C)c(OC[C@H](O)CN2C(=O)[C@H]3CCCCN3C2=O)c1. The van der Waals surface area contributed by atoms with E-state index in [2.05, 4.69) is 0 Å². The molecule has 0 spiro atoms. The van der Waals surface area contributed by atoms with Gasteiger partial charge in [-0.25, -0.2) is 4.79 Å². The molecule has 1 aromatic rings. The minimum Gasteiger partial charge on any atom is -0.491 e. The van der Waals surface area contributed by atoms with Crippen LogP contribution in [0.1, 0.15) is 30.4 Å². The fraction of sp³-hybridized carbons (Fsp3) is 0.556. The maximum Gasteiger partial charge on any atom is 0.327 e. The van der Waals surface area contributed by atoms with Crippen molar-refractivity contribution < 1.29 is 19.4 Å². The second kappa shape index (κ2) is 6.81. The number of nitrogens with zero attached hydrogens (tertiary/aromatic N) is 2. The zero-order valence-electron chi connectivity index (χ0n) is 14.2. The van der Waals surface area contributed by atoms with Gasteiger partial charge in [-0.15, -0.1) is 0 Å². The van der Waals surface area contributed by atoms with Gasteiger partial charge in [0.2, 0.25) is 0 Å². The van der Waals surface area contributed by atoms with Gasteiger partial charge >= 0.3 is 6.03 Å². The molecule has 2 aliphatic heterocycles. The molecule has 3 amide bonds. The standard InChI is InChI=1S/C18H24N2O4/c1-12-6-7-13(2)16(9-12)24-11-14(21)10-20-17(22)15-5-3-4-8-19(15)18(20)23/h6-7,9,14-15,21H,3-5,8,10-11H2,1-2H3/t14-,15-/m1/s1. The Balaban J connectivity index is 1.58. The van der Waals surface area contributed by atoms with E-state index in [0.29, 0.717) is 12.3 Å². The molecule has 6 heteroatoms. The molecule has 0 aromatic heterocycles. The first-order valence-corrected chi connectivity index (χ1v) is 8.47. The van der Waals surface area contributed by atoms with E-state index in [1.165, 1.54) is 4.90 Å². The normalized spacial score (nSPS) is 21.9. The Kier molecular flexibility index (Phi) is 4.76. The van der Waals surface area contributed by atoms with Crippen molar-refractivity contribution in [2.45, 2.75) is 45.3 Å². The van der Waals surface area contributed by atoms with Gasteiger partial charge in [-0.1, -0.05) is 12.1 Å². The summed E-state index contributed by atoms with van der Waals surface area (Å²) in [5, 5.41) is 10.2. The average Bonchev–Trinajstić information content (AvgIpc) is 2.81. The number of rotatable bonds is 5. The van der Waals surface area contributed by atoms with Crippen LogP contribution in [0, 0.1) is 13.8 Å². The van der Waals surface area contributed by atoms with Crippen LogP contribution in [0.3, 0.4) is 0 Å². The summed E-state index contributed by atoms with van der Waals surface area (Å²) in [6.45, 7) is 4.56. The number of ether oxygens (including phenoxy) is 1. The summed E-state index contributed by atoms with van der Waals surface area (Å²) in [6, 6.07) is 5.25. The number of hydrogen-bond donors (Lipinski definition) is 1. The van der Waals surface area contributed by atoms with Gasteiger partial charge in [0.1, 0.15) is 24.5 Å². The second-order valence-electron chi connectivity index (χ2n) is 6.67. The van der Waals surface area contributed by atoms with Crippen LogP contribution < -0.4 is 4.74 Å². The lowest BCUT2D eigenvalue weighted by Crippen LogP contribution is -2.40. The van der Waals surface area contributed by atoms with Crippen LogP contribution in [-0.4, -0.2) is 58.7 Å². The minimum absolute atomic E-state index is 0.0183. The molecule has 0 radical (unpaired) electrons. The predicted octanol–water partition coefficient (Wildman–Crippen LogP) is 1.86. The van der Waals surface area contributed by atoms with Gasteiger partial charge in [0.25, 0.3) is 5.91 Å². The Morgan fingerprint density at radius 3 is 2.83 bits per heavy atom. The molecule has 0 saturated carbocycles. The van der Waals surface area contributed by atoms with Gasteiger partial charge in [0.05, 0.1) is 6.54 Å². The van der Waals surface area contributed by atoms with Crippen LogP contribution in [0.15, 0.2) is 18.2 Å². The smallest absolute Gasteiger partial charge is 0.327 e. The number of aryl methyl sites for hydroxylation is 2. The van der Waals surface area contributed by atoms with E-state index < -0.39 is 6.10 Å². The van der Waals surface area contributed by atoms with Gasteiger partial charge in [-0.05, 0) is 50.3 Å². The third-order valence-electron chi connectivity index (χ3n) is 4.70. The number of urea groups is 1. The first-order valence-electron chi connectivity index (χ1n) is 8.47. The van der Waals surface area contributed by atoms with Gasteiger partial charge in [-0.2, -0.15) is 0 Å². The maximum absolute atomic E-state index is 12.4. The fourth-order valence-electron chi connectivity index (χ4n) is 3.33. The lowest BCUT2D eigenvalue weighted by atomic mass is 10.0. The summed E-state index contributed by atoms with van der Waals surface area (Å²) in [4.78, 5) is 27.5. The van der Waals surface area contributed by atoms with Crippen molar-refractivity contribution in [2.75, 3.05) is 19.7 Å². The van der Waals surface area contributed by atoms with Crippen LogP contribution in [0.25, 0.3) is 0 Å². The summed E-state index contributed by atoms with van der Waals surface area (Å²) >= 11 is 0. The van der Waals surface area contributed by atoms with Crippen LogP contribution in [0.4, 0.5) is 4.79 Å². The highest BCUT2D eigenvalue weighted by molar-refractivity contribution is 6.04.